The average molecular weight is 506 g/mol. The lowest BCUT2D eigenvalue weighted by Crippen LogP contribution is -2.31. The van der Waals surface area contributed by atoms with Crippen LogP contribution in [0.15, 0.2) is 39.1 Å². The van der Waals surface area contributed by atoms with Crippen LogP contribution in [0.5, 0.6) is 5.75 Å². The fraction of sp³-hybridized carbons (Fsp3) is 0.458. The molecular formula is C24H33BrN4OS. The number of H-pyrrole nitrogens is 2. The fourth-order valence-corrected chi connectivity index (χ4v) is 5.31. The summed E-state index contributed by atoms with van der Waals surface area (Å²) in [6, 6.07) is 6.25. The monoisotopic (exact) mass is 504 g/mol. The van der Waals surface area contributed by atoms with Crippen LogP contribution in [0.1, 0.15) is 45.7 Å². The molecule has 3 aromatic rings. The Kier molecular flexibility index (Phi) is 8.69. The van der Waals surface area contributed by atoms with E-state index in [0.717, 1.165) is 62.7 Å². The second-order valence-corrected chi connectivity index (χ2v) is 9.45. The van der Waals surface area contributed by atoms with Crippen molar-refractivity contribution in [2.24, 2.45) is 0 Å². The molecule has 168 valence electrons. The summed E-state index contributed by atoms with van der Waals surface area (Å²) in [6.07, 6.45) is 7.16. The summed E-state index contributed by atoms with van der Waals surface area (Å²) in [5, 5.41) is 10.9. The van der Waals surface area contributed by atoms with Crippen LogP contribution in [-0.4, -0.2) is 46.3 Å². The van der Waals surface area contributed by atoms with Gasteiger partial charge < -0.3 is 14.6 Å². The maximum absolute atomic E-state index is 6.04. The van der Waals surface area contributed by atoms with Crippen LogP contribution in [0.3, 0.4) is 0 Å². The number of ether oxygens (including phenoxy) is 1. The molecule has 0 radical (unpaired) electrons. The van der Waals surface area contributed by atoms with Gasteiger partial charge in [0.25, 0.3) is 0 Å². The van der Waals surface area contributed by atoms with Crippen LogP contribution < -0.4 is 4.74 Å². The van der Waals surface area contributed by atoms with E-state index in [1.165, 1.54) is 32.4 Å². The Morgan fingerprint density at radius 1 is 1.26 bits per heavy atom. The molecule has 4 rings (SSSR count). The molecular weight excluding hydrogens is 472 g/mol. The summed E-state index contributed by atoms with van der Waals surface area (Å²) in [4.78, 5) is 7.23. The smallest absolute Gasteiger partial charge is 0.124 e. The second-order valence-electron chi connectivity index (χ2n) is 7.74. The van der Waals surface area contributed by atoms with Crippen LogP contribution in [-0.2, 0) is 0 Å². The highest BCUT2D eigenvalue weighted by atomic mass is 79.9. The zero-order valence-electron chi connectivity index (χ0n) is 17.6. The van der Waals surface area contributed by atoms with Crippen molar-refractivity contribution in [2.75, 3.05) is 26.2 Å². The molecule has 1 fully saturated rings. The molecule has 1 aromatic carbocycles. The normalized spacial score (nSPS) is 14.9. The van der Waals surface area contributed by atoms with Crippen LogP contribution >= 0.6 is 27.7 Å². The molecule has 3 heterocycles. The van der Waals surface area contributed by atoms with Gasteiger partial charge in [0.2, 0.25) is 0 Å². The highest BCUT2D eigenvalue weighted by molar-refractivity contribution is 9.10. The lowest BCUT2D eigenvalue weighted by atomic mass is 10.1. The number of likely N-dealkylation sites (tertiary alicyclic amines) is 1. The number of hydrogen-bond donors (Lipinski definition) is 2. The number of fused-ring (bicyclic) bond motifs is 1. The number of hydrogen-bond acceptors (Lipinski definition) is 4. The van der Waals surface area contributed by atoms with Gasteiger partial charge in [0, 0.05) is 23.7 Å². The van der Waals surface area contributed by atoms with Gasteiger partial charge in [-0.25, -0.2) is 0 Å². The van der Waals surface area contributed by atoms with Gasteiger partial charge in [-0.2, -0.15) is 5.10 Å². The third kappa shape index (κ3) is 5.57. The minimum absolute atomic E-state index is 0. The molecule has 0 amide bonds. The van der Waals surface area contributed by atoms with E-state index in [1.54, 1.807) is 11.8 Å². The highest BCUT2D eigenvalue weighted by Gasteiger charge is 2.19. The van der Waals surface area contributed by atoms with Gasteiger partial charge in [-0.15, -0.1) is 0 Å². The average Bonchev–Trinajstić information content (AvgIpc) is 3.29. The van der Waals surface area contributed by atoms with Crippen molar-refractivity contribution in [3.63, 3.8) is 0 Å². The predicted molar refractivity (Wildman–Crippen MR) is 136 cm³/mol. The number of piperidine rings is 1. The number of aryl methyl sites for hydroxylation is 1. The first kappa shape index (κ1) is 24.0. The van der Waals surface area contributed by atoms with Gasteiger partial charge in [0.1, 0.15) is 11.4 Å². The third-order valence-corrected chi connectivity index (χ3v) is 7.46. The van der Waals surface area contributed by atoms with E-state index in [0.29, 0.717) is 0 Å². The van der Waals surface area contributed by atoms with E-state index in [-0.39, 0.29) is 7.43 Å². The largest absolute Gasteiger partial charge is 0.493 e. The van der Waals surface area contributed by atoms with Crippen molar-refractivity contribution in [1.29, 1.82) is 0 Å². The van der Waals surface area contributed by atoms with Gasteiger partial charge >= 0.3 is 0 Å². The highest BCUT2D eigenvalue weighted by Crippen LogP contribution is 2.40. The number of aromatic nitrogens is 3. The molecule has 1 saturated heterocycles. The Balaban J connectivity index is 0.00000272. The molecule has 7 heteroatoms. The zero-order chi connectivity index (χ0) is 20.9. The molecule has 1 aliphatic heterocycles. The molecule has 0 unspecified atom stereocenters. The molecule has 1 aliphatic rings. The van der Waals surface area contributed by atoms with Gasteiger partial charge in [-0.3, -0.25) is 5.10 Å². The van der Waals surface area contributed by atoms with E-state index in [9.17, 15) is 0 Å². The van der Waals surface area contributed by atoms with Crippen LogP contribution in [0, 0.1) is 6.92 Å². The summed E-state index contributed by atoms with van der Waals surface area (Å²) in [6.45, 7) is 8.44. The van der Waals surface area contributed by atoms with E-state index in [1.807, 2.05) is 13.0 Å². The molecule has 2 N–H and O–H groups in total. The van der Waals surface area contributed by atoms with Gasteiger partial charge in [0.15, 0.2) is 0 Å². The zero-order valence-corrected chi connectivity index (χ0v) is 20.0. The molecule has 0 spiro atoms. The maximum atomic E-state index is 6.04. The summed E-state index contributed by atoms with van der Waals surface area (Å²) >= 11 is 5.45. The summed E-state index contributed by atoms with van der Waals surface area (Å²) in [7, 11) is 0. The van der Waals surface area contributed by atoms with Gasteiger partial charge in [-0.05, 0) is 79.7 Å². The van der Waals surface area contributed by atoms with Crippen molar-refractivity contribution in [2.45, 2.75) is 51.9 Å². The first-order chi connectivity index (χ1) is 14.7. The molecule has 2 aromatic heterocycles. The van der Waals surface area contributed by atoms with Gasteiger partial charge in [-0.1, -0.05) is 31.7 Å². The fourth-order valence-electron chi connectivity index (χ4n) is 3.93. The number of nitrogens with zero attached hydrogens (tertiary/aromatic N) is 2. The first-order valence-electron chi connectivity index (χ1n) is 10.7. The van der Waals surface area contributed by atoms with Crippen molar-refractivity contribution >= 4 is 38.6 Å². The predicted octanol–water partition coefficient (Wildman–Crippen LogP) is 7.15. The Bertz CT molecular complexity index is 1020. The summed E-state index contributed by atoms with van der Waals surface area (Å²) < 4.78 is 7.07. The minimum atomic E-state index is 0. The maximum Gasteiger partial charge on any atom is 0.124 e. The molecule has 0 saturated carbocycles. The minimum Gasteiger partial charge on any atom is -0.493 e. The molecule has 0 bridgehead atoms. The second kappa shape index (κ2) is 11.2. The van der Waals surface area contributed by atoms with E-state index in [4.69, 9.17) is 4.74 Å². The number of rotatable bonds is 8. The quantitative estimate of drug-likeness (QED) is 0.252. The first-order valence-corrected chi connectivity index (χ1v) is 12.3. The van der Waals surface area contributed by atoms with E-state index in [2.05, 4.69) is 66.5 Å². The standard InChI is InChI=1S/C23H29BrN4OS.CH4/c1-3-14-30-23-16(2)26-27-22(23)21-20(24)18-9-8-17(15-19(18)25-21)29-13-7-12-28-10-5-4-6-11-28;/h3,8-9,14-15,25H,4-7,10-13H2,1-2H3,(H,26,27);1H4/b14-3-;. The van der Waals surface area contributed by atoms with E-state index >= 15 is 0 Å². The Labute approximate surface area is 198 Å². The van der Waals surface area contributed by atoms with Crippen molar-refractivity contribution < 1.29 is 4.74 Å². The van der Waals surface area contributed by atoms with Crippen molar-refractivity contribution in [3.05, 3.63) is 39.8 Å². The Morgan fingerprint density at radius 2 is 2.06 bits per heavy atom. The topological polar surface area (TPSA) is 56.9 Å². The van der Waals surface area contributed by atoms with Crippen LogP contribution in [0.25, 0.3) is 22.3 Å². The van der Waals surface area contributed by atoms with E-state index < -0.39 is 0 Å². The number of benzene rings is 1. The number of halogens is 1. The molecule has 5 nitrogen and oxygen atoms in total. The van der Waals surface area contributed by atoms with Gasteiger partial charge in [0.05, 0.1) is 27.2 Å². The lowest BCUT2D eigenvalue weighted by Gasteiger charge is -2.26. The summed E-state index contributed by atoms with van der Waals surface area (Å²) in [5.41, 5.74) is 4.04. The number of aromatic amines is 2. The summed E-state index contributed by atoms with van der Waals surface area (Å²) in [5.74, 6) is 0.906. The number of allylic oxidation sites excluding steroid dienone is 1. The van der Waals surface area contributed by atoms with Crippen LogP contribution in [0.4, 0.5) is 0 Å². The van der Waals surface area contributed by atoms with Crippen molar-refractivity contribution in [1.82, 2.24) is 20.1 Å². The van der Waals surface area contributed by atoms with Crippen LogP contribution in [0.2, 0.25) is 0 Å². The number of nitrogens with one attached hydrogen (secondary N) is 2. The van der Waals surface area contributed by atoms with Crippen molar-refractivity contribution in [3.8, 4) is 17.1 Å². The Morgan fingerprint density at radius 3 is 2.84 bits per heavy atom. The Hall–Kier alpha value is -1.70. The number of thioether (sulfide) groups is 1. The molecule has 0 aliphatic carbocycles. The molecule has 0 atom stereocenters. The third-order valence-electron chi connectivity index (χ3n) is 5.49. The SMILES string of the molecule is C.C/C=C\Sc1c(-c2[nH]c3cc(OCCCN4CCCCC4)ccc3c2Br)n[nH]c1C. The molecule has 31 heavy (non-hydrogen) atoms. The lowest BCUT2D eigenvalue weighted by molar-refractivity contribution is 0.205.